The molecule has 0 unspecified atom stereocenters. The summed E-state index contributed by atoms with van der Waals surface area (Å²) in [5.41, 5.74) is 0. The SMILES string of the molecule is CC(=O)N1[C@@H](C(=O)OCC(=O)NCC(C)C)CS[C@@H]1c1ccco1. The van der Waals surface area contributed by atoms with E-state index in [0.29, 0.717) is 24.0 Å². The topological polar surface area (TPSA) is 88.8 Å². The van der Waals surface area contributed by atoms with E-state index in [2.05, 4.69) is 5.32 Å². The summed E-state index contributed by atoms with van der Waals surface area (Å²) in [4.78, 5) is 37.3. The number of carbonyl (C=O) groups excluding carboxylic acids is 3. The van der Waals surface area contributed by atoms with Crippen molar-refractivity contribution in [3.05, 3.63) is 24.2 Å². The molecule has 0 aliphatic carbocycles. The summed E-state index contributed by atoms with van der Waals surface area (Å²) in [7, 11) is 0. The summed E-state index contributed by atoms with van der Waals surface area (Å²) in [6.45, 7) is 5.53. The largest absolute Gasteiger partial charge is 0.466 e. The highest BCUT2D eigenvalue weighted by atomic mass is 32.2. The third kappa shape index (κ3) is 4.53. The molecule has 2 amide bonds. The highest BCUT2D eigenvalue weighted by Gasteiger charge is 2.43. The van der Waals surface area contributed by atoms with E-state index in [9.17, 15) is 14.4 Å². The molecule has 1 aromatic rings. The molecule has 1 aliphatic rings. The molecule has 2 heterocycles. The molecule has 1 aromatic heterocycles. The van der Waals surface area contributed by atoms with Crippen molar-refractivity contribution in [2.45, 2.75) is 32.2 Å². The van der Waals surface area contributed by atoms with Crippen LogP contribution in [0.4, 0.5) is 0 Å². The van der Waals surface area contributed by atoms with Crippen molar-refractivity contribution in [3.8, 4) is 0 Å². The Morgan fingerprint density at radius 2 is 2.21 bits per heavy atom. The maximum Gasteiger partial charge on any atom is 0.330 e. The number of thioether (sulfide) groups is 1. The number of hydrogen-bond acceptors (Lipinski definition) is 6. The Morgan fingerprint density at radius 3 is 2.79 bits per heavy atom. The van der Waals surface area contributed by atoms with Crippen LogP contribution in [0.25, 0.3) is 0 Å². The lowest BCUT2D eigenvalue weighted by Gasteiger charge is -2.25. The summed E-state index contributed by atoms with van der Waals surface area (Å²) in [5, 5.41) is 2.32. The molecule has 1 fully saturated rings. The van der Waals surface area contributed by atoms with E-state index in [1.54, 1.807) is 12.1 Å². The van der Waals surface area contributed by atoms with Gasteiger partial charge in [0.25, 0.3) is 5.91 Å². The lowest BCUT2D eigenvalue weighted by molar-refractivity contribution is -0.156. The first-order chi connectivity index (χ1) is 11.4. The number of nitrogens with zero attached hydrogens (tertiary/aromatic N) is 1. The summed E-state index contributed by atoms with van der Waals surface area (Å²) in [5.74, 6) is 0.161. The standard InChI is InChI=1S/C16H22N2O5S/c1-10(2)7-17-14(20)8-23-16(21)12-9-24-15(18(12)11(3)19)13-5-4-6-22-13/h4-6,10,12,15H,7-9H2,1-3H3,(H,17,20)/t12-,15-/m1/s1. The van der Waals surface area contributed by atoms with Crippen molar-refractivity contribution >= 4 is 29.5 Å². The fourth-order valence-corrected chi connectivity index (χ4v) is 3.74. The van der Waals surface area contributed by atoms with Gasteiger partial charge in [-0.3, -0.25) is 9.59 Å². The predicted molar refractivity (Wildman–Crippen MR) is 89.0 cm³/mol. The first-order valence-corrected chi connectivity index (χ1v) is 8.82. The molecule has 0 bridgehead atoms. The molecule has 0 saturated carbocycles. The molecule has 0 aromatic carbocycles. The molecular formula is C16H22N2O5S. The molecule has 2 rings (SSSR count). The van der Waals surface area contributed by atoms with Gasteiger partial charge in [-0.1, -0.05) is 13.8 Å². The molecule has 1 aliphatic heterocycles. The normalized spacial score (nSPS) is 20.2. The van der Waals surface area contributed by atoms with Crippen LogP contribution in [0.15, 0.2) is 22.8 Å². The molecule has 7 nitrogen and oxygen atoms in total. The number of furan rings is 1. The third-order valence-corrected chi connectivity index (χ3v) is 4.76. The van der Waals surface area contributed by atoms with Crippen LogP contribution in [0, 0.1) is 5.92 Å². The average molecular weight is 354 g/mol. The number of rotatable bonds is 6. The van der Waals surface area contributed by atoms with Gasteiger partial charge in [-0.15, -0.1) is 11.8 Å². The zero-order valence-corrected chi connectivity index (χ0v) is 14.8. The minimum absolute atomic E-state index is 0.243. The van der Waals surface area contributed by atoms with Crippen molar-refractivity contribution in [1.29, 1.82) is 0 Å². The highest BCUT2D eigenvalue weighted by molar-refractivity contribution is 7.99. The number of nitrogens with one attached hydrogen (secondary N) is 1. The summed E-state index contributed by atoms with van der Waals surface area (Å²) >= 11 is 1.43. The second-order valence-electron chi connectivity index (χ2n) is 5.95. The van der Waals surface area contributed by atoms with Gasteiger partial charge in [0.05, 0.1) is 6.26 Å². The van der Waals surface area contributed by atoms with Gasteiger partial charge in [-0.2, -0.15) is 0 Å². The molecule has 1 saturated heterocycles. The van der Waals surface area contributed by atoms with Crippen molar-refractivity contribution in [2.75, 3.05) is 18.9 Å². The van der Waals surface area contributed by atoms with Crippen molar-refractivity contribution in [1.82, 2.24) is 10.2 Å². The Kier molecular flexibility index (Phi) is 6.30. The van der Waals surface area contributed by atoms with Gasteiger partial charge in [0, 0.05) is 19.2 Å². The highest BCUT2D eigenvalue weighted by Crippen LogP contribution is 2.41. The minimum atomic E-state index is -0.722. The van der Waals surface area contributed by atoms with Crippen LogP contribution in [0.1, 0.15) is 31.9 Å². The number of amides is 2. The van der Waals surface area contributed by atoms with Crippen LogP contribution in [0.2, 0.25) is 0 Å². The van der Waals surface area contributed by atoms with E-state index < -0.39 is 12.0 Å². The maximum atomic E-state index is 12.3. The fourth-order valence-electron chi connectivity index (χ4n) is 2.33. The lowest BCUT2D eigenvalue weighted by Crippen LogP contribution is -2.43. The molecule has 24 heavy (non-hydrogen) atoms. The number of ether oxygens (including phenoxy) is 1. The van der Waals surface area contributed by atoms with Crippen molar-refractivity contribution in [2.24, 2.45) is 5.92 Å². The molecule has 8 heteroatoms. The van der Waals surface area contributed by atoms with E-state index in [1.807, 2.05) is 13.8 Å². The zero-order chi connectivity index (χ0) is 17.7. The quantitative estimate of drug-likeness (QED) is 0.780. The van der Waals surface area contributed by atoms with Crippen LogP contribution in [-0.2, 0) is 19.1 Å². The monoisotopic (exact) mass is 354 g/mol. The Bertz CT molecular complexity index is 587. The van der Waals surface area contributed by atoms with Gasteiger partial charge in [0.15, 0.2) is 6.61 Å². The molecule has 0 radical (unpaired) electrons. The Morgan fingerprint density at radius 1 is 1.46 bits per heavy atom. The number of esters is 1. The van der Waals surface area contributed by atoms with Crippen LogP contribution in [0.5, 0.6) is 0 Å². The van der Waals surface area contributed by atoms with Crippen molar-refractivity contribution < 1.29 is 23.5 Å². The van der Waals surface area contributed by atoms with E-state index in [4.69, 9.17) is 9.15 Å². The van der Waals surface area contributed by atoms with Gasteiger partial charge in [-0.05, 0) is 18.1 Å². The molecule has 1 N–H and O–H groups in total. The van der Waals surface area contributed by atoms with E-state index in [-0.39, 0.29) is 23.8 Å². The zero-order valence-electron chi connectivity index (χ0n) is 14.0. The van der Waals surface area contributed by atoms with Gasteiger partial charge in [0.2, 0.25) is 5.91 Å². The van der Waals surface area contributed by atoms with Gasteiger partial charge >= 0.3 is 5.97 Å². The second kappa shape index (κ2) is 8.23. The summed E-state index contributed by atoms with van der Waals surface area (Å²) in [6.07, 6.45) is 1.53. The van der Waals surface area contributed by atoms with Gasteiger partial charge < -0.3 is 19.4 Å². The van der Waals surface area contributed by atoms with Crippen molar-refractivity contribution in [3.63, 3.8) is 0 Å². The first kappa shape index (κ1) is 18.4. The maximum absolute atomic E-state index is 12.3. The summed E-state index contributed by atoms with van der Waals surface area (Å²) in [6, 6.07) is 2.78. The van der Waals surface area contributed by atoms with Crippen LogP contribution >= 0.6 is 11.8 Å². The van der Waals surface area contributed by atoms with E-state index in [0.717, 1.165) is 0 Å². The fraction of sp³-hybridized carbons (Fsp3) is 0.562. The molecule has 0 spiro atoms. The van der Waals surface area contributed by atoms with Crippen LogP contribution in [0.3, 0.4) is 0 Å². The predicted octanol–water partition coefficient (Wildman–Crippen LogP) is 1.56. The average Bonchev–Trinajstić information content (AvgIpc) is 3.18. The Balaban J connectivity index is 1.94. The number of carbonyl (C=O) groups is 3. The first-order valence-electron chi connectivity index (χ1n) is 7.77. The molecular weight excluding hydrogens is 332 g/mol. The van der Waals surface area contributed by atoms with Gasteiger partial charge in [-0.25, -0.2) is 4.79 Å². The molecule has 2 atom stereocenters. The number of hydrogen-bond donors (Lipinski definition) is 1. The van der Waals surface area contributed by atoms with Crippen LogP contribution in [-0.4, -0.2) is 47.6 Å². The second-order valence-corrected chi connectivity index (χ2v) is 7.06. The van der Waals surface area contributed by atoms with Crippen LogP contribution < -0.4 is 5.32 Å². The Hall–Kier alpha value is -1.96. The van der Waals surface area contributed by atoms with Gasteiger partial charge in [0.1, 0.15) is 17.2 Å². The summed E-state index contributed by atoms with van der Waals surface area (Å²) < 4.78 is 10.4. The third-order valence-electron chi connectivity index (χ3n) is 3.48. The van der Waals surface area contributed by atoms with E-state index >= 15 is 0 Å². The smallest absolute Gasteiger partial charge is 0.330 e. The minimum Gasteiger partial charge on any atom is -0.466 e. The Labute approximate surface area is 145 Å². The lowest BCUT2D eigenvalue weighted by atomic mass is 10.2. The molecule has 132 valence electrons. The van der Waals surface area contributed by atoms with E-state index in [1.165, 1.54) is 29.8 Å².